The number of nitrogens with zero attached hydrogens (tertiary/aromatic N) is 1. The summed E-state index contributed by atoms with van der Waals surface area (Å²) in [6, 6.07) is 1.84. The van der Waals surface area contributed by atoms with E-state index in [9.17, 15) is 8.42 Å². The van der Waals surface area contributed by atoms with Crippen molar-refractivity contribution in [2.75, 3.05) is 19.7 Å². The number of nitrogens with one attached hydrogen (secondary N) is 1. The molecule has 2 fully saturated rings. The van der Waals surface area contributed by atoms with Gasteiger partial charge in [0.05, 0.1) is 23.6 Å². The lowest BCUT2D eigenvalue weighted by Crippen LogP contribution is -2.51. The minimum atomic E-state index is -3.38. The zero-order chi connectivity index (χ0) is 14.9. The number of fused-ring (bicyclic) bond motifs is 1. The average molecular weight is 330 g/mol. The smallest absolute Gasteiger partial charge is 0.244 e. The predicted octanol–water partition coefficient (Wildman–Crippen LogP) is 1.80. The van der Waals surface area contributed by atoms with E-state index in [0.29, 0.717) is 18.0 Å². The summed E-state index contributed by atoms with van der Waals surface area (Å²) >= 11 is 1.51. The molecule has 0 spiro atoms. The molecule has 2 atom stereocenters. The molecule has 1 aliphatic carbocycles. The number of hydrogen-bond donors (Lipinski definition) is 1. The topological polar surface area (TPSA) is 58.6 Å². The van der Waals surface area contributed by atoms with Crippen LogP contribution in [0.4, 0.5) is 0 Å². The largest absolute Gasteiger partial charge is 0.375 e. The van der Waals surface area contributed by atoms with Gasteiger partial charge in [-0.05, 0) is 31.9 Å². The van der Waals surface area contributed by atoms with E-state index in [1.807, 2.05) is 13.0 Å². The number of sulfonamides is 1. The molecule has 118 valence electrons. The molecule has 0 radical (unpaired) electrons. The van der Waals surface area contributed by atoms with Crippen molar-refractivity contribution >= 4 is 21.4 Å². The Morgan fingerprint density at radius 2 is 2.33 bits per heavy atom. The molecule has 2 aliphatic rings. The molecule has 7 heteroatoms. The second kappa shape index (κ2) is 6.34. The van der Waals surface area contributed by atoms with Crippen LogP contribution in [0, 0.1) is 0 Å². The molecular weight excluding hydrogens is 308 g/mol. The molecule has 0 aromatic carbocycles. The van der Waals surface area contributed by atoms with E-state index in [2.05, 4.69) is 5.32 Å². The number of hydrogen-bond acceptors (Lipinski definition) is 5. The number of morpholine rings is 1. The van der Waals surface area contributed by atoms with E-state index in [0.717, 1.165) is 37.2 Å². The minimum Gasteiger partial charge on any atom is -0.375 e. The van der Waals surface area contributed by atoms with Gasteiger partial charge in [0.1, 0.15) is 0 Å². The van der Waals surface area contributed by atoms with E-state index >= 15 is 0 Å². The Bertz CT molecular complexity index is 585. The van der Waals surface area contributed by atoms with Crippen molar-refractivity contribution in [2.45, 2.75) is 49.8 Å². The Hall–Kier alpha value is -0.470. The highest BCUT2D eigenvalue weighted by molar-refractivity contribution is 7.89. The monoisotopic (exact) mass is 330 g/mol. The van der Waals surface area contributed by atoms with Gasteiger partial charge in [0, 0.05) is 23.3 Å². The Labute approximate surface area is 130 Å². The molecule has 5 nitrogen and oxygen atoms in total. The second-order valence-electron chi connectivity index (χ2n) is 5.55. The Kier molecular flexibility index (Phi) is 4.66. The molecule has 2 heterocycles. The third-order valence-electron chi connectivity index (χ3n) is 4.22. The summed E-state index contributed by atoms with van der Waals surface area (Å²) in [5, 5.41) is 4.99. The molecule has 1 aromatic heterocycles. The molecule has 0 bridgehead atoms. The molecule has 1 aliphatic heterocycles. The molecule has 1 aromatic rings. The van der Waals surface area contributed by atoms with Gasteiger partial charge in [0.25, 0.3) is 0 Å². The van der Waals surface area contributed by atoms with Crippen molar-refractivity contribution in [1.29, 1.82) is 0 Å². The molecule has 21 heavy (non-hydrogen) atoms. The van der Waals surface area contributed by atoms with Gasteiger partial charge in [-0.1, -0.05) is 6.92 Å². The van der Waals surface area contributed by atoms with E-state index in [4.69, 9.17) is 4.74 Å². The highest BCUT2D eigenvalue weighted by atomic mass is 32.2. The van der Waals surface area contributed by atoms with Gasteiger partial charge >= 0.3 is 0 Å². The van der Waals surface area contributed by atoms with Gasteiger partial charge in [0.15, 0.2) is 0 Å². The molecule has 1 N–H and O–H groups in total. The van der Waals surface area contributed by atoms with Gasteiger partial charge in [-0.15, -0.1) is 11.3 Å². The van der Waals surface area contributed by atoms with Crippen LogP contribution < -0.4 is 5.32 Å². The van der Waals surface area contributed by atoms with Crippen LogP contribution in [0.1, 0.15) is 31.1 Å². The lowest BCUT2D eigenvalue weighted by Gasteiger charge is -2.36. The first-order valence-corrected chi connectivity index (χ1v) is 9.86. The Balaban J connectivity index is 1.80. The second-order valence-corrected chi connectivity index (χ2v) is 8.44. The van der Waals surface area contributed by atoms with Crippen LogP contribution in [0.5, 0.6) is 0 Å². The molecular formula is C14H22N2O3S2. The lowest BCUT2D eigenvalue weighted by atomic mass is 10.2. The predicted molar refractivity (Wildman–Crippen MR) is 83.0 cm³/mol. The molecule has 1 saturated carbocycles. The zero-order valence-corrected chi connectivity index (χ0v) is 13.9. The van der Waals surface area contributed by atoms with Gasteiger partial charge < -0.3 is 10.1 Å². The molecule has 2 unspecified atom stereocenters. The van der Waals surface area contributed by atoms with Crippen molar-refractivity contribution in [1.82, 2.24) is 9.62 Å². The van der Waals surface area contributed by atoms with Crippen molar-refractivity contribution in [3.8, 4) is 0 Å². The quantitative estimate of drug-likeness (QED) is 0.894. The van der Waals surface area contributed by atoms with Crippen LogP contribution in [0.25, 0.3) is 0 Å². The minimum absolute atomic E-state index is 0.0286. The van der Waals surface area contributed by atoms with Crippen molar-refractivity contribution in [3.05, 3.63) is 16.3 Å². The van der Waals surface area contributed by atoms with Crippen LogP contribution >= 0.6 is 11.3 Å². The van der Waals surface area contributed by atoms with Crippen LogP contribution in [-0.2, 0) is 21.3 Å². The maximum Gasteiger partial charge on any atom is 0.244 e. The summed E-state index contributed by atoms with van der Waals surface area (Å²) in [7, 11) is -3.38. The summed E-state index contributed by atoms with van der Waals surface area (Å²) in [5.41, 5.74) is 0. The Morgan fingerprint density at radius 1 is 1.48 bits per heavy atom. The van der Waals surface area contributed by atoms with Crippen molar-refractivity contribution in [2.24, 2.45) is 0 Å². The molecule has 0 amide bonds. The summed E-state index contributed by atoms with van der Waals surface area (Å²) in [6.45, 7) is 4.63. The van der Waals surface area contributed by atoms with Gasteiger partial charge in [-0.3, -0.25) is 0 Å². The van der Waals surface area contributed by atoms with Gasteiger partial charge in [0.2, 0.25) is 10.0 Å². The first kappa shape index (κ1) is 15.4. The zero-order valence-electron chi connectivity index (χ0n) is 12.2. The third-order valence-corrected chi connectivity index (χ3v) is 7.20. The first-order chi connectivity index (χ1) is 10.1. The average Bonchev–Trinajstić information content (AvgIpc) is 3.13. The fourth-order valence-corrected chi connectivity index (χ4v) is 6.06. The van der Waals surface area contributed by atoms with Crippen LogP contribution in [-0.4, -0.2) is 44.6 Å². The summed E-state index contributed by atoms with van der Waals surface area (Å²) in [5.74, 6) is 0. The first-order valence-electron chi connectivity index (χ1n) is 7.54. The van der Waals surface area contributed by atoms with Crippen molar-refractivity contribution < 1.29 is 13.2 Å². The highest BCUT2D eigenvalue weighted by Crippen LogP contribution is 2.34. The fourth-order valence-electron chi connectivity index (χ4n) is 3.16. The maximum absolute atomic E-state index is 12.9. The Morgan fingerprint density at radius 3 is 3.14 bits per heavy atom. The van der Waals surface area contributed by atoms with Crippen LogP contribution in [0.3, 0.4) is 0 Å². The van der Waals surface area contributed by atoms with E-state index < -0.39 is 10.0 Å². The molecule has 3 rings (SSSR count). The van der Waals surface area contributed by atoms with Crippen LogP contribution in [0.15, 0.2) is 16.3 Å². The standard InChI is InChI=1S/C14H22N2O3S2/c1-2-15-9-11-8-12(10-20-11)21(17,18)16-6-7-19-14-5-3-4-13(14)16/h8,10,13-15H,2-7,9H2,1H3. The van der Waals surface area contributed by atoms with Gasteiger partial charge in [-0.2, -0.15) is 4.31 Å². The third kappa shape index (κ3) is 3.03. The van der Waals surface area contributed by atoms with E-state index in [-0.39, 0.29) is 12.1 Å². The fraction of sp³-hybridized carbons (Fsp3) is 0.714. The summed E-state index contributed by atoms with van der Waals surface area (Å²) in [4.78, 5) is 1.50. The number of ether oxygens (including phenoxy) is 1. The normalized spacial score (nSPS) is 26.9. The number of thiophene rings is 1. The lowest BCUT2D eigenvalue weighted by molar-refractivity contribution is -0.0241. The van der Waals surface area contributed by atoms with Gasteiger partial charge in [-0.25, -0.2) is 8.42 Å². The SMILES string of the molecule is CCNCc1cc(S(=O)(=O)N2CCOC3CCCC32)cs1. The van der Waals surface area contributed by atoms with E-state index in [1.54, 1.807) is 9.69 Å². The van der Waals surface area contributed by atoms with Crippen LogP contribution in [0.2, 0.25) is 0 Å². The maximum atomic E-state index is 12.9. The van der Waals surface area contributed by atoms with Crippen molar-refractivity contribution in [3.63, 3.8) is 0 Å². The number of rotatable bonds is 5. The summed E-state index contributed by atoms with van der Waals surface area (Å²) < 4.78 is 33.1. The van der Waals surface area contributed by atoms with E-state index in [1.165, 1.54) is 11.3 Å². The highest BCUT2D eigenvalue weighted by Gasteiger charge is 2.42. The summed E-state index contributed by atoms with van der Waals surface area (Å²) in [6.07, 6.45) is 3.04. The molecule has 1 saturated heterocycles.